The molecule has 9 heteroatoms. The van der Waals surface area contributed by atoms with Gasteiger partial charge in [-0.2, -0.15) is 0 Å². The lowest BCUT2D eigenvalue weighted by atomic mass is 10.2. The fraction of sp³-hybridized carbons (Fsp3) is 0.125. The summed E-state index contributed by atoms with van der Waals surface area (Å²) in [7, 11) is -1.01. The summed E-state index contributed by atoms with van der Waals surface area (Å²) >= 11 is 0. The van der Waals surface area contributed by atoms with Crippen LogP contribution in [0.3, 0.4) is 0 Å². The van der Waals surface area contributed by atoms with Crippen molar-refractivity contribution in [2.24, 2.45) is 0 Å². The predicted molar refractivity (Wildman–Crippen MR) is 82.7 cm³/mol. The van der Waals surface area contributed by atoms with E-state index in [1.165, 1.54) is 12.1 Å². The maximum Gasteiger partial charge on any atom is 0.325 e. The number of benzene rings is 2. The molecule has 1 atom stereocenters. The zero-order valence-corrected chi connectivity index (χ0v) is 13.6. The van der Waals surface area contributed by atoms with Gasteiger partial charge < -0.3 is 9.30 Å². The summed E-state index contributed by atoms with van der Waals surface area (Å²) in [5.74, 6) is -5.57. The van der Waals surface area contributed by atoms with E-state index in [9.17, 15) is 22.2 Å². The number of hydrogen-bond donors (Lipinski definition) is 0. The molecule has 1 aromatic heterocycles. The number of aromatic nitrogens is 2. The minimum Gasteiger partial charge on any atom is -0.468 e. The second kappa shape index (κ2) is 6.67. The van der Waals surface area contributed by atoms with Crippen molar-refractivity contribution in [2.45, 2.75) is 16.3 Å². The first kappa shape index (κ1) is 17.2. The van der Waals surface area contributed by atoms with E-state index in [4.69, 9.17) is 0 Å². The maximum atomic E-state index is 14.4. The summed E-state index contributed by atoms with van der Waals surface area (Å²) < 4.78 is 60.7. The molecule has 5 nitrogen and oxygen atoms in total. The molecule has 0 N–H and O–H groups in total. The molecule has 0 amide bonds. The van der Waals surface area contributed by atoms with Gasteiger partial charge in [-0.15, -0.1) is 0 Å². The normalized spacial score (nSPS) is 12.3. The zero-order valence-electron chi connectivity index (χ0n) is 12.8. The molecule has 0 fully saturated rings. The summed E-state index contributed by atoms with van der Waals surface area (Å²) in [5, 5.41) is 0. The Morgan fingerprint density at radius 2 is 1.84 bits per heavy atom. The van der Waals surface area contributed by atoms with E-state index in [-0.39, 0.29) is 10.4 Å². The Balaban J connectivity index is 2.30. The van der Waals surface area contributed by atoms with E-state index < -0.39 is 51.2 Å². The number of methoxy groups -OCH3 is 1. The molecular weight excluding hydrogens is 357 g/mol. The fourth-order valence-corrected chi connectivity index (χ4v) is 3.62. The summed E-state index contributed by atoms with van der Waals surface area (Å²) in [6, 6.07) is 7.74. The highest BCUT2D eigenvalue weighted by Crippen LogP contribution is 2.32. The van der Waals surface area contributed by atoms with Gasteiger partial charge >= 0.3 is 5.97 Å². The Morgan fingerprint density at radius 3 is 2.48 bits per heavy atom. The fourth-order valence-electron chi connectivity index (χ4n) is 2.34. The lowest BCUT2D eigenvalue weighted by molar-refractivity contribution is -0.141. The number of imidazole rings is 1. The van der Waals surface area contributed by atoms with Crippen molar-refractivity contribution in [3.8, 4) is 0 Å². The number of esters is 1. The van der Waals surface area contributed by atoms with Gasteiger partial charge in [0.2, 0.25) is 0 Å². The molecule has 0 aliphatic heterocycles. The van der Waals surface area contributed by atoms with Gasteiger partial charge in [-0.3, -0.25) is 4.79 Å². The van der Waals surface area contributed by atoms with Crippen LogP contribution in [0.15, 0.2) is 46.5 Å². The van der Waals surface area contributed by atoms with Crippen LogP contribution in [-0.2, 0) is 26.9 Å². The van der Waals surface area contributed by atoms with E-state index in [1.54, 1.807) is 18.2 Å². The predicted octanol–water partition coefficient (Wildman–Crippen LogP) is 2.79. The highest BCUT2D eigenvalue weighted by atomic mass is 32.2. The molecule has 2 aromatic carbocycles. The Bertz CT molecular complexity index is 989. The molecule has 0 saturated carbocycles. The number of carbonyl (C=O) groups excluding carboxylic acids is 1. The summed E-state index contributed by atoms with van der Waals surface area (Å²) in [6.45, 7) is -0.420. The number of ether oxygens (including phenoxy) is 1. The minimum atomic E-state index is -2.15. The first-order valence-electron chi connectivity index (χ1n) is 7.00. The summed E-state index contributed by atoms with van der Waals surface area (Å²) in [6.07, 6.45) is 1.04. The first-order chi connectivity index (χ1) is 12.0. The van der Waals surface area contributed by atoms with Gasteiger partial charge in [0.25, 0.3) is 0 Å². The number of fused-ring (bicyclic) bond motifs is 1. The van der Waals surface area contributed by atoms with Gasteiger partial charge in [-0.1, -0.05) is 18.2 Å². The van der Waals surface area contributed by atoms with E-state index in [0.29, 0.717) is 0 Å². The largest absolute Gasteiger partial charge is 0.468 e. The molecule has 1 heterocycles. The van der Waals surface area contributed by atoms with Crippen LogP contribution in [-0.4, -0.2) is 26.8 Å². The Kier molecular flexibility index (Phi) is 4.58. The van der Waals surface area contributed by atoms with Crippen molar-refractivity contribution >= 4 is 27.8 Å². The third-order valence-corrected chi connectivity index (χ3v) is 4.96. The monoisotopic (exact) mass is 368 g/mol. The number of rotatable bonds is 4. The molecule has 25 heavy (non-hydrogen) atoms. The SMILES string of the molecule is COC(=O)Cn1cnc2c(F)c(F)c(F)c(S(=O)c3ccccc3)c21. The smallest absolute Gasteiger partial charge is 0.325 e. The lowest BCUT2D eigenvalue weighted by Gasteiger charge is -2.10. The van der Waals surface area contributed by atoms with E-state index in [0.717, 1.165) is 18.0 Å². The van der Waals surface area contributed by atoms with Crippen LogP contribution in [0.2, 0.25) is 0 Å². The van der Waals surface area contributed by atoms with E-state index >= 15 is 0 Å². The topological polar surface area (TPSA) is 61.2 Å². The molecule has 130 valence electrons. The van der Waals surface area contributed by atoms with Gasteiger partial charge in [-0.05, 0) is 12.1 Å². The highest BCUT2D eigenvalue weighted by Gasteiger charge is 2.28. The number of halogens is 3. The average molecular weight is 368 g/mol. The molecule has 3 rings (SSSR count). The zero-order chi connectivity index (χ0) is 18.1. The van der Waals surface area contributed by atoms with Gasteiger partial charge in [0.1, 0.15) is 17.0 Å². The first-order valence-corrected chi connectivity index (χ1v) is 8.15. The van der Waals surface area contributed by atoms with E-state index in [2.05, 4.69) is 9.72 Å². The Morgan fingerprint density at radius 1 is 1.16 bits per heavy atom. The molecule has 0 bridgehead atoms. The molecule has 0 spiro atoms. The Labute approximate surface area is 142 Å². The van der Waals surface area contributed by atoms with Crippen LogP contribution in [0, 0.1) is 17.5 Å². The second-order valence-corrected chi connectivity index (χ2v) is 6.42. The summed E-state index contributed by atoms with van der Waals surface area (Å²) in [4.78, 5) is 14.8. The molecule has 3 aromatic rings. The third kappa shape index (κ3) is 2.91. The lowest BCUT2D eigenvalue weighted by Crippen LogP contribution is -2.13. The van der Waals surface area contributed by atoms with Gasteiger partial charge in [0.15, 0.2) is 17.5 Å². The molecular formula is C16H11F3N2O3S. The third-order valence-electron chi connectivity index (χ3n) is 3.52. The number of hydrogen-bond acceptors (Lipinski definition) is 4. The quantitative estimate of drug-likeness (QED) is 0.525. The Hall–Kier alpha value is -2.68. The molecule has 0 aliphatic rings. The molecule has 0 radical (unpaired) electrons. The van der Waals surface area contributed by atoms with Crippen molar-refractivity contribution in [1.29, 1.82) is 0 Å². The maximum absolute atomic E-state index is 14.4. The number of nitrogens with zero attached hydrogens (tertiary/aromatic N) is 2. The minimum absolute atomic E-state index is 0.194. The van der Waals surface area contributed by atoms with Crippen LogP contribution in [0.25, 0.3) is 11.0 Å². The summed E-state index contributed by atoms with van der Waals surface area (Å²) in [5.41, 5.74) is -0.772. The van der Waals surface area contributed by atoms with Crippen molar-refractivity contribution < 1.29 is 26.9 Å². The van der Waals surface area contributed by atoms with Crippen molar-refractivity contribution in [3.05, 3.63) is 54.1 Å². The van der Waals surface area contributed by atoms with Crippen LogP contribution >= 0.6 is 0 Å². The van der Waals surface area contributed by atoms with Crippen LogP contribution in [0.4, 0.5) is 13.2 Å². The van der Waals surface area contributed by atoms with Crippen molar-refractivity contribution in [3.63, 3.8) is 0 Å². The standard InChI is InChI=1S/C16H11F3N2O3S/c1-24-10(22)7-21-8-20-14-12(18)11(17)13(19)16(15(14)21)25(23)9-5-3-2-4-6-9/h2-6,8H,7H2,1H3. The van der Waals surface area contributed by atoms with Crippen LogP contribution < -0.4 is 0 Å². The van der Waals surface area contributed by atoms with Crippen LogP contribution in [0.1, 0.15) is 0 Å². The van der Waals surface area contributed by atoms with Crippen molar-refractivity contribution in [2.75, 3.05) is 7.11 Å². The molecule has 1 unspecified atom stereocenters. The van der Waals surface area contributed by atoms with Gasteiger partial charge in [-0.25, -0.2) is 22.4 Å². The second-order valence-electron chi connectivity index (χ2n) is 5.00. The number of carbonyl (C=O) groups is 1. The molecule has 0 saturated heterocycles. The highest BCUT2D eigenvalue weighted by molar-refractivity contribution is 7.85. The van der Waals surface area contributed by atoms with Crippen LogP contribution in [0.5, 0.6) is 0 Å². The average Bonchev–Trinajstić information content (AvgIpc) is 3.03. The molecule has 0 aliphatic carbocycles. The van der Waals surface area contributed by atoms with Gasteiger partial charge in [0, 0.05) is 4.90 Å². The van der Waals surface area contributed by atoms with Gasteiger partial charge in [0.05, 0.1) is 29.8 Å². The van der Waals surface area contributed by atoms with E-state index in [1.807, 2.05) is 0 Å². The van der Waals surface area contributed by atoms with Crippen molar-refractivity contribution in [1.82, 2.24) is 9.55 Å².